The van der Waals surface area contributed by atoms with Gasteiger partial charge >= 0.3 is 0 Å². The summed E-state index contributed by atoms with van der Waals surface area (Å²) in [7, 11) is 0. The summed E-state index contributed by atoms with van der Waals surface area (Å²) < 4.78 is 0. The van der Waals surface area contributed by atoms with Crippen molar-refractivity contribution >= 4 is 0 Å². The average molecular weight is 249 g/mol. The molecule has 0 saturated carbocycles. The van der Waals surface area contributed by atoms with Gasteiger partial charge in [-0.05, 0) is 29.2 Å². The van der Waals surface area contributed by atoms with E-state index in [1.54, 1.807) is 0 Å². The van der Waals surface area contributed by atoms with Gasteiger partial charge in [0, 0.05) is 11.5 Å². The highest BCUT2D eigenvalue weighted by Crippen LogP contribution is 2.39. The number of hydrogen-bond donors (Lipinski definition) is 1. The Balaban J connectivity index is 3.05. The maximum Gasteiger partial charge on any atom is 0.0413 e. The number of nitrogens with two attached hydrogens (primary N) is 1. The third kappa shape index (κ3) is 3.71. The van der Waals surface area contributed by atoms with Gasteiger partial charge in [-0.1, -0.05) is 66.7 Å². The smallest absolute Gasteiger partial charge is 0.0413 e. The van der Waals surface area contributed by atoms with E-state index in [-0.39, 0.29) is 11.0 Å². The molecule has 0 radical (unpaired) electrons. The fourth-order valence-electron chi connectivity index (χ4n) is 3.07. The number of hydrogen-bond acceptors (Lipinski definition) is 1. The molecule has 0 amide bonds. The van der Waals surface area contributed by atoms with E-state index >= 15 is 0 Å². The molecular weight excluding hydrogens is 218 g/mol. The maximum absolute atomic E-state index is 6.72. The van der Waals surface area contributed by atoms with Gasteiger partial charge in [-0.25, -0.2) is 0 Å². The second-order valence-corrected chi connectivity index (χ2v) is 7.77. The van der Waals surface area contributed by atoms with Gasteiger partial charge in [-0.2, -0.15) is 0 Å². The van der Waals surface area contributed by atoms with E-state index < -0.39 is 0 Å². The molecule has 1 aliphatic carbocycles. The van der Waals surface area contributed by atoms with Gasteiger partial charge in [-0.15, -0.1) is 0 Å². The lowest BCUT2D eigenvalue weighted by molar-refractivity contribution is 0.213. The highest BCUT2D eigenvalue weighted by molar-refractivity contribution is 5.33. The minimum atomic E-state index is -0.190. The van der Waals surface area contributed by atoms with Crippen LogP contribution >= 0.6 is 0 Å². The van der Waals surface area contributed by atoms with Gasteiger partial charge in [0.2, 0.25) is 0 Å². The van der Waals surface area contributed by atoms with Crippen molar-refractivity contribution < 1.29 is 0 Å². The van der Waals surface area contributed by atoms with Crippen LogP contribution in [0.1, 0.15) is 54.9 Å². The van der Waals surface area contributed by atoms with E-state index in [2.05, 4.69) is 66.7 Å². The quantitative estimate of drug-likeness (QED) is 0.780. The first kappa shape index (κ1) is 15.5. The molecule has 0 heterocycles. The van der Waals surface area contributed by atoms with Crippen LogP contribution in [0.25, 0.3) is 0 Å². The zero-order chi connectivity index (χ0) is 14.1. The minimum absolute atomic E-state index is 0.190. The summed E-state index contributed by atoms with van der Waals surface area (Å²) in [6.45, 7) is 15.9. The van der Waals surface area contributed by atoms with E-state index in [0.29, 0.717) is 17.8 Å². The molecule has 2 N–H and O–H groups in total. The van der Waals surface area contributed by atoms with Gasteiger partial charge in [0.25, 0.3) is 0 Å². The summed E-state index contributed by atoms with van der Waals surface area (Å²) in [6, 6.07) is 0. The molecule has 0 saturated heterocycles. The van der Waals surface area contributed by atoms with Crippen molar-refractivity contribution in [2.45, 2.75) is 60.4 Å². The molecule has 18 heavy (non-hydrogen) atoms. The lowest BCUT2D eigenvalue weighted by atomic mass is 9.66. The summed E-state index contributed by atoms with van der Waals surface area (Å²) in [5.74, 6) is 1.61. The summed E-state index contributed by atoms with van der Waals surface area (Å²) >= 11 is 0. The van der Waals surface area contributed by atoms with E-state index in [1.807, 2.05) is 0 Å². The Kier molecular flexibility index (Phi) is 4.48. The molecule has 0 aliphatic heterocycles. The third-order valence-corrected chi connectivity index (χ3v) is 3.80. The zero-order valence-corrected chi connectivity index (χ0v) is 13.2. The minimum Gasteiger partial charge on any atom is -0.321 e. The zero-order valence-electron chi connectivity index (χ0n) is 13.2. The van der Waals surface area contributed by atoms with Gasteiger partial charge in [0.05, 0.1) is 0 Å². The summed E-state index contributed by atoms with van der Waals surface area (Å²) in [5, 5.41) is 0. The van der Waals surface area contributed by atoms with Crippen LogP contribution in [-0.2, 0) is 0 Å². The monoisotopic (exact) mass is 249 g/mol. The second kappa shape index (κ2) is 5.21. The molecule has 2 atom stereocenters. The van der Waals surface area contributed by atoms with Gasteiger partial charge in [0.15, 0.2) is 0 Å². The van der Waals surface area contributed by atoms with Crippen LogP contribution in [0.3, 0.4) is 0 Å². The van der Waals surface area contributed by atoms with Crippen LogP contribution in [0.4, 0.5) is 0 Å². The topological polar surface area (TPSA) is 26.0 Å². The lowest BCUT2D eigenvalue weighted by Gasteiger charge is -2.43. The van der Waals surface area contributed by atoms with Crippen LogP contribution in [0.2, 0.25) is 0 Å². The molecule has 1 nitrogen and oxygen atoms in total. The fourth-order valence-corrected chi connectivity index (χ4v) is 3.07. The number of rotatable bonds is 3. The van der Waals surface area contributed by atoms with Crippen molar-refractivity contribution in [2.75, 3.05) is 0 Å². The highest BCUT2D eigenvalue weighted by atomic mass is 14.8. The average Bonchev–Trinajstić information content (AvgIpc) is 2.13. The summed E-state index contributed by atoms with van der Waals surface area (Å²) in [4.78, 5) is 0. The first-order chi connectivity index (χ1) is 8.05. The Hall–Kier alpha value is -0.560. The first-order valence-corrected chi connectivity index (χ1v) is 7.25. The van der Waals surface area contributed by atoms with E-state index in [4.69, 9.17) is 5.73 Å². The SMILES string of the molecule is CC(C)C1=CC(C(C)C)C(N)(CC(C)(C)C)C=C1. The molecule has 0 fully saturated rings. The largest absolute Gasteiger partial charge is 0.321 e. The standard InChI is InChI=1S/C17H31N/c1-12(2)14-8-9-17(18,11-16(5,6)7)15(10-14)13(3)4/h8-10,12-13,15H,11,18H2,1-7H3. The molecule has 1 aliphatic rings. The summed E-state index contributed by atoms with van der Waals surface area (Å²) in [5.41, 5.74) is 8.22. The van der Waals surface area contributed by atoms with Gasteiger partial charge in [0.1, 0.15) is 0 Å². The van der Waals surface area contributed by atoms with Crippen molar-refractivity contribution in [1.82, 2.24) is 0 Å². The van der Waals surface area contributed by atoms with Gasteiger partial charge in [-0.3, -0.25) is 0 Å². The van der Waals surface area contributed by atoms with Crippen molar-refractivity contribution in [3.8, 4) is 0 Å². The fraction of sp³-hybridized carbons (Fsp3) is 0.765. The van der Waals surface area contributed by atoms with Crippen LogP contribution in [0.15, 0.2) is 23.8 Å². The first-order valence-electron chi connectivity index (χ1n) is 7.25. The molecule has 0 aromatic carbocycles. The summed E-state index contributed by atoms with van der Waals surface area (Å²) in [6.07, 6.45) is 7.95. The molecule has 0 bridgehead atoms. The van der Waals surface area contributed by atoms with Crippen molar-refractivity contribution in [2.24, 2.45) is 28.9 Å². The Morgan fingerprint density at radius 2 is 1.78 bits per heavy atom. The molecule has 0 spiro atoms. The molecule has 104 valence electrons. The van der Waals surface area contributed by atoms with E-state index in [1.165, 1.54) is 5.57 Å². The van der Waals surface area contributed by atoms with Crippen molar-refractivity contribution in [3.05, 3.63) is 23.8 Å². The van der Waals surface area contributed by atoms with Crippen molar-refractivity contribution in [3.63, 3.8) is 0 Å². The van der Waals surface area contributed by atoms with Crippen LogP contribution < -0.4 is 5.73 Å². The predicted molar refractivity (Wildman–Crippen MR) is 81.4 cm³/mol. The van der Waals surface area contributed by atoms with Crippen LogP contribution in [0.5, 0.6) is 0 Å². The second-order valence-electron chi connectivity index (χ2n) is 7.77. The van der Waals surface area contributed by atoms with Crippen LogP contribution in [0, 0.1) is 23.2 Å². The van der Waals surface area contributed by atoms with E-state index in [9.17, 15) is 0 Å². The normalized spacial score (nSPS) is 29.0. The third-order valence-electron chi connectivity index (χ3n) is 3.80. The van der Waals surface area contributed by atoms with Crippen LogP contribution in [-0.4, -0.2) is 5.54 Å². The van der Waals surface area contributed by atoms with Crippen molar-refractivity contribution in [1.29, 1.82) is 0 Å². The molecule has 2 unspecified atom stereocenters. The maximum atomic E-state index is 6.72. The Bertz CT molecular complexity index is 341. The molecule has 1 rings (SSSR count). The lowest BCUT2D eigenvalue weighted by Crippen LogP contribution is -2.50. The Morgan fingerprint density at radius 1 is 1.22 bits per heavy atom. The number of allylic oxidation sites excluding steroid dienone is 2. The Labute approximate surface area is 114 Å². The molecule has 1 heteroatoms. The predicted octanol–water partition coefficient (Wildman–Crippen LogP) is 4.54. The molecular formula is C17H31N. The molecule has 0 aromatic heterocycles. The van der Waals surface area contributed by atoms with Gasteiger partial charge < -0.3 is 5.73 Å². The Morgan fingerprint density at radius 3 is 2.17 bits per heavy atom. The molecule has 0 aromatic rings. The van der Waals surface area contributed by atoms with E-state index in [0.717, 1.165) is 6.42 Å². The highest BCUT2D eigenvalue weighted by Gasteiger charge is 2.38.